The van der Waals surface area contributed by atoms with Crippen molar-refractivity contribution in [3.63, 3.8) is 0 Å². The minimum atomic E-state index is -3.81. The van der Waals surface area contributed by atoms with Crippen LogP contribution in [0.4, 0.5) is 0 Å². The summed E-state index contributed by atoms with van der Waals surface area (Å²) in [7, 11) is -2.49. The molecule has 166 valence electrons. The van der Waals surface area contributed by atoms with E-state index >= 15 is 0 Å². The van der Waals surface area contributed by atoms with Crippen LogP contribution in [0.1, 0.15) is 26.4 Å². The number of thiophene rings is 1. The molecule has 2 amide bonds. The molecule has 0 atom stereocenters. The maximum absolute atomic E-state index is 12.6. The van der Waals surface area contributed by atoms with Gasteiger partial charge in [-0.05, 0) is 54.7 Å². The zero-order valence-corrected chi connectivity index (χ0v) is 19.3. The van der Waals surface area contributed by atoms with Crippen LogP contribution in [0, 0.1) is 6.92 Å². The molecule has 1 aromatic heterocycles. The Morgan fingerprint density at radius 1 is 1.00 bits per heavy atom. The Morgan fingerprint density at radius 2 is 1.69 bits per heavy atom. The highest BCUT2D eigenvalue weighted by Gasteiger charge is 2.24. The first-order valence-electron chi connectivity index (χ1n) is 10.1. The number of carbonyl (C=O) groups excluding carboxylic acids is 2. The number of nitrogens with zero attached hydrogens (tertiary/aromatic N) is 1. The zero-order chi connectivity index (χ0) is 22.9. The van der Waals surface area contributed by atoms with E-state index in [4.69, 9.17) is 0 Å². The molecule has 0 saturated heterocycles. The summed E-state index contributed by atoms with van der Waals surface area (Å²) >= 11 is 1.38. The molecule has 0 aliphatic heterocycles. The predicted octanol–water partition coefficient (Wildman–Crippen LogP) is 2.90. The molecule has 2 N–H and O–H groups in total. The van der Waals surface area contributed by atoms with E-state index in [9.17, 15) is 18.0 Å². The van der Waals surface area contributed by atoms with Crippen LogP contribution in [0.2, 0.25) is 0 Å². The van der Waals surface area contributed by atoms with Crippen molar-refractivity contribution >= 4 is 33.2 Å². The number of hydrogen-bond acceptors (Lipinski definition) is 5. The van der Waals surface area contributed by atoms with Gasteiger partial charge < -0.3 is 0 Å². The Kier molecular flexibility index (Phi) is 6.14. The quantitative estimate of drug-likeness (QED) is 0.562. The standard InChI is InChI=1S/C23H23N3O4S2/c1-15-7-11-18(12-8-15)32(29,30)26(2)14-21(27)24-25-23(28)20-13-17-10-9-16-5-3-4-6-19(16)22(17)31-20/h3-8,11-13H,9-10,14H2,1-2H3,(H,24,27)(H,25,28). The molecule has 0 saturated carbocycles. The molecule has 32 heavy (non-hydrogen) atoms. The average molecular weight is 470 g/mol. The van der Waals surface area contributed by atoms with Gasteiger partial charge in [0.1, 0.15) is 0 Å². The molecule has 0 spiro atoms. The molecular formula is C23H23N3O4S2. The fraction of sp³-hybridized carbons (Fsp3) is 0.217. The third kappa shape index (κ3) is 4.45. The van der Waals surface area contributed by atoms with Crippen molar-refractivity contribution < 1.29 is 18.0 Å². The molecule has 0 radical (unpaired) electrons. The second kappa shape index (κ2) is 8.85. The lowest BCUT2D eigenvalue weighted by Gasteiger charge is -2.17. The SMILES string of the molecule is Cc1ccc(S(=O)(=O)N(C)CC(=O)NNC(=O)c2cc3c(s2)-c2ccccc2CC3)cc1. The van der Waals surface area contributed by atoms with E-state index in [0.29, 0.717) is 4.88 Å². The largest absolute Gasteiger partial charge is 0.279 e. The molecule has 0 fully saturated rings. The number of benzene rings is 2. The Labute approximate surface area is 191 Å². The number of hydrazine groups is 1. The van der Waals surface area contributed by atoms with Crippen LogP contribution in [0.25, 0.3) is 10.4 Å². The van der Waals surface area contributed by atoms with E-state index in [0.717, 1.165) is 38.7 Å². The molecule has 2 aromatic carbocycles. The monoisotopic (exact) mass is 469 g/mol. The van der Waals surface area contributed by atoms with E-state index in [-0.39, 0.29) is 4.90 Å². The summed E-state index contributed by atoms with van der Waals surface area (Å²) in [5.74, 6) is -1.07. The molecule has 1 aliphatic carbocycles. The molecule has 1 aliphatic rings. The summed E-state index contributed by atoms with van der Waals surface area (Å²) < 4.78 is 26.2. The molecular weight excluding hydrogens is 446 g/mol. The van der Waals surface area contributed by atoms with Crippen LogP contribution >= 0.6 is 11.3 Å². The van der Waals surface area contributed by atoms with Crippen LogP contribution < -0.4 is 10.9 Å². The summed E-state index contributed by atoms with van der Waals surface area (Å²) in [4.78, 5) is 26.5. The van der Waals surface area contributed by atoms with Crippen molar-refractivity contribution in [2.24, 2.45) is 0 Å². The number of hydrogen-bond donors (Lipinski definition) is 2. The van der Waals surface area contributed by atoms with Crippen molar-refractivity contribution in [3.05, 3.63) is 76.2 Å². The van der Waals surface area contributed by atoms with E-state index < -0.39 is 28.4 Å². The summed E-state index contributed by atoms with van der Waals surface area (Å²) in [6, 6.07) is 16.4. The Balaban J connectivity index is 1.37. The first-order valence-corrected chi connectivity index (χ1v) is 12.3. The van der Waals surface area contributed by atoms with Crippen LogP contribution in [0.5, 0.6) is 0 Å². The number of likely N-dealkylation sites (N-methyl/N-ethyl adjacent to an activating group) is 1. The van der Waals surface area contributed by atoms with Gasteiger partial charge in [0.25, 0.3) is 11.8 Å². The van der Waals surface area contributed by atoms with E-state index in [1.165, 1.54) is 36.1 Å². The van der Waals surface area contributed by atoms with Gasteiger partial charge in [0.05, 0.1) is 16.3 Å². The minimum absolute atomic E-state index is 0.104. The minimum Gasteiger partial charge on any atom is -0.272 e. The van der Waals surface area contributed by atoms with Gasteiger partial charge in [-0.3, -0.25) is 20.4 Å². The molecule has 7 nitrogen and oxygen atoms in total. The van der Waals surface area contributed by atoms with Crippen molar-refractivity contribution in [2.45, 2.75) is 24.7 Å². The predicted molar refractivity (Wildman–Crippen MR) is 124 cm³/mol. The maximum atomic E-state index is 12.6. The summed E-state index contributed by atoms with van der Waals surface area (Å²) in [6.45, 7) is 1.43. The van der Waals surface area contributed by atoms with Gasteiger partial charge in [0.2, 0.25) is 10.0 Å². The second-order valence-electron chi connectivity index (χ2n) is 7.70. The second-order valence-corrected chi connectivity index (χ2v) is 10.8. The van der Waals surface area contributed by atoms with Crippen LogP contribution in [-0.2, 0) is 27.7 Å². The molecule has 9 heteroatoms. The first-order chi connectivity index (χ1) is 15.3. The molecule has 3 aromatic rings. The van der Waals surface area contributed by atoms with Crippen molar-refractivity contribution in [3.8, 4) is 10.4 Å². The van der Waals surface area contributed by atoms with Gasteiger partial charge in [-0.1, -0.05) is 42.0 Å². The highest BCUT2D eigenvalue weighted by molar-refractivity contribution is 7.89. The fourth-order valence-electron chi connectivity index (χ4n) is 3.59. The number of amides is 2. The molecule has 0 bridgehead atoms. The molecule has 1 heterocycles. The van der Waals surface area contributed by atoms with E-state index in [2.05, 4.69) is 23.0 Å². The Morgan fingerprint density at radius 3 is 2.44 bits per heavy atom. The van der Waals surface area contributed by atoms with E-state index in [1.54, 1.807) is 12.1 Å². The lowest BCUT2D eigenvalue weighted by Crippen LogP contribution is -2.46. The highest BCUT2D eigenvalue weighted by atomic mass is 32.2. The van der Waals surface area contributed by atoms with Gasteiger partial charge in [-0.25, -0.2) is 8.42 Å². The third-order valence-electron chi connectivity index (χ3n) is 5.37. The Bertz CT molecular complexity index is 1280. The average Bonchev–Trinajstić information content (AvgIpc) is 3.23. The van der Waals surface area contributed by atoms with Crippen LogP contribution in [-0.4, -0.2) is 38.1 Å². The molecule has 0 unspecified atom stereocenters. The van der Waals surface area contributed by atoms with Gasteiger partial charge >= 0.3 is 0 Å². The van der Waals surface area contributed by atoms with Crippen LogP contribution in [0.3, 0.4) is 0 Å². The lowest BCUT2D eigenvalue weighted by molar-refractivity contribution is -0.121. The van der Waals surface area contributed by atoms with E-state index in [1.807, 2.05) is 25.1 Å². The zero-order valence-electron chi connectivity index (χ0n) is 17.7. The Hall–Kier alpha value is -3.01. The number of fused-ring (bicyclic) bond motifs is 3. The van der Waals surface area contributed by atoms with Gasteiger partial charge in [0, 0.05) is 11.9 Å². The topological polar surface area (TPSA) is 95.6 Å². The summed E-state index contributed by atoms with van der Waals surface area (Å²) in [6.07, 6.45) is 1.80. The van der Waals surface area contributed by atoms with Crippen LogP contribution in [0.15, 0.2) is 59.5 Å². The normalized spacial score (nSPS) is 12.7. The number of carbonyl (C=O) groups is 2. The molecule has 4 rings (SSSR count). The van der Waals surface area contributed by atoms with Crippen molar-refractivity contribution in [2.75, 3.05) is 13.6 Å². The third-order valence-corrected chi connectivity index (χ3v) is 8.40. The summed E-state index contributed by atoms with van der Waals surface area (Å²) in [5, 5.41) is 0. The summed E-state index contributed by atoms with van der Waals surface area (Å²) in [5.41, 5.74) is 9.16. The first kappa shape index (κ1) is 22.2. The van der Waals surface area contributed by atoms with Crippen molar-refractivity contribution in [1.29, 1.82) is 0 Å². The highest BCUT2D eigenvalue weighted by Crippen LogP contribution is 2.39. The van der Waals surface area contributed by atoms with Crippen molar-refractivity contribution in [1.82, 2.24) is 15.2 Å². The lowest BCUT2D eigenvalue weighted by atomic mass is 9.91. The number of rotatable bonds is 5. The van der Waals surface area contributed by atoms with Gasteiger partial charge in [-0.15, -0.1) is 11.3 Å². The number of aryl methyl sites for hydroxylation is 3. The number of sulfonamides is 1. The maximum Gasteiger partial charge on any atom is 0.279 e. The van der Waals surface area contributed by atoms with Gasteiger partial charge in [-0.2, -0.15) is 4.31 Å². The van der Waals surface area contributed by atoms with Gasteiger partial charge in [0.15, 0.2) is 0 Å². The number of nitrogens with one attached hydrogen (secondary N) is 2. The smallest absolute Gasteiger partial charge is 0.272 e. The fourth-order valence-corrected chi connectivity index (χ4v) is 5.88.